The number of halogens is 1. The molecule has 0 aliphatic rings. The fraction of sp³-hybridized carbons (Fsp3) is 0.333. The van der Waals surface area contributed by atoms with Crippen molar-refractivity contribution in [2.75, 3.05) is 18.4 Å². The van der Waals surface area contributed by atoms with E-state index in [0.29, 0.717) is 11.0 Å². The van der Waals surface area contributed by atoms with E-state index in [0.717, 1.165) is 0 Å². The van der Waals surface area contributed by atoms with Gasteiger partial charge in [-0.15, -0.1) is 0 Å². The molecule has 0 atom stereocenters. The highest BCUT2D eigenvalue weighted by Gasteiger charge is 2.16. The van der Waals surface area contributed by atoms with Crippen LogP contribution in [0.15, 0.2) is 22.7 Å². The molecule has 21 heavy (non-hydrogen) atoms. The van der Waals surface area contributed by atoms with Crippen LogP contribution in [0.25, 0.3) is 0 Å². The molecular weight excluding hydrogens is 346 g/mol. The van der Waals surface area contributed by atoms with Crippen molar-refractivity contribution in [1.29, 1.82) is 0 Å². The largest absolute Gasteiger partial charge is 0.481 e. The number of nitrogens with one attached hydrogen (secondary N) is 1. The lowest BCUT2D eigenvalue weighted by Gasteiger charge is -2.20. The number of nitro benzene ring substituents is 1. The number of carbonyl (C=O) groups is 2. The van der Waals surface area contributed by atoms with Gasteiger partial charge < -0.3 is 15.3 Å². The van der Waals surface area contributed by atoms with Crippen molar-refractivity contribution in [1.82, 2.24) is 4.90 Å². The zero-order valence-corrected chi connectivity index (χ0v) is 12.8. The number of carboxylic acid groups (broad SMARTS) is 1. The number of nitrogens with zero attached hydrogens (tertiary/aromatic N) is 2. The Morgan fingerprint density at radius 1 is 1.48 bits per heavy atom. The van der Waals surface area contributed by atoms with Crippen molar-refractivity contribution in [2.24, 2.45) is 0 Å². The molecule has 0 aliphatic carbocycles. The molecule has 0 heterocycles. The zero-order chi connectivity index (χ0) is 16.0. The molecule has 114 valence electrons. The third-order valence-corrected chi connectivity index (χ3v) is 3.33. The van der Waals surface area contributed by atoms with Crippen molar-refractivity contribution < 1.29 is 19.6 Å². The Kier molecular flexibility index (Phi) is 6.10. The lowest BCUT2D eigenvalue weighted by Crippen LogP contribution is -2.36. The summed E-state index contributed by atoms with van der Waals surface area (Å²) in [6, 6.07) is 3.70. The molecule has 9 heteroatoms. The van der Waals surface area contributed by atoms with Gasteiger partial charge in [0.2, 0.25) is 0 Å². The molecule has 0 radical (unpaired) electrons. The van der Waals surface area contributed by atoms with Crippen LogP contribution >= 0.6 is 15.9 Å². The number of hydrogen-bond donors (Lipinski definition) is 2. The van der Waals surface area contributed by atoms with Crippen molar-refractivity contribution in [3.63, 3.8) is 0 Å². The first-order valence-corrected chi connectivity index (χ1v) is 6.86. The predicted octanol–water partition coefficient (Wildman–Crippen LogP) is 2.69. The van der Waals surface area contributed by atoms with E-state index < -0.39 is 16.9 Å². The standard InChI is InChI=1S/C12H14BrN3O5/c1-2-15(6-5-11(17)18)12(19)14-8-3-4-9(13)10(7-8)16(20)21/h3-4,7H,2,5-6H2,1H3,(H,14,19)(H,17,18). The second-order valence-electron chi connectivity index (χ2n) is 4.08. The van der Waals surface area contributed by atoms with Gasteiger partial charge in [0.05, 0.1) is 15.8 Å². The predicted molar refractivity (Wildman–Crippen MR) is 79.3 cm³/mol. The summed E-state index contributed by atoms with van der Waals surface area (Å²) < 4.78 is 0.309. The maximum atomic E-state index is 12.0. The monoisotopic (exact) mass is 359 g/mol. The zero-order valence-electron chi connectivity index (χ0n) is 11.2. The SMILES string of the molecule is CCN(CCC(=O)O)C(=O)Nc1ccc(Br)c([N+](=O)[O-])c1. The highest BCUT2D eigenvalue weighted by Crippen LogP contribution is 2.27. The van der Waals surface area contributed by atoms with Gasteiger partial charge >= 0.3 is 12.0 Å². The molecule has 0 unspecified atom stereocenters. The van der Waals surface area contributed by atoms with Gasteiger partial charge in [-0.25, -0.2) is 4.79 Å². The lowest BCUT2D eigenvalue weighted by molar-refractivity contribution is -0.385. The quantitative estimate of drug-likeness (QED) is 0.598. The van der Waals surface area contributed by atoms with Gasteiger partial charge in [0.25, 0.3) is 5.69 Å². The molecule has 0 aromatic heterocycles. The number of benzene rings is 1. The minimum Gasteiger partial charge on any atom is -0.481 e. The highest BCUT2D eigenvalue weighted by molar-refractivity contribution is 9.10. The van der Waals surface area contributed by atoms with Crippen LogP contribution in [0.1, 0.15) is 13.3 Å². The average Bonchev–Trinajstić information content (AvgIpc) is 2.41. The molecule has 0 aliphatic heterocycles. The molecule has 8 nitrogen and oxygen atoms in total. The van der Waals surface area contributed by atoms with Crippen LogP contribution in [0.5, 0.6) is 0 Å². The molecular formula is C12H14BrN3O5. The second-order valence-corrected chi connectivity index (χ2v) is 4.93. The molecule has 1 aromatic carbocycles. The summed E-state index contributed by atoms with van der Waals surface area (Å²) in [5.74, 6) is -1.000. The molecule has 0 bridgehead atoms. The van der Waals surface area contributed by atoms with Crippen LogP contribution in [-0.4, -0.2) is 40.0 Å². The van der Waals surface area contributed by atoms with E-state index in [1.807, 2.05) is 0 Å². The Balaban J connectivity index is 2.79. The van der Waals surface area contributed by atoms with E-state index in [4.69, 9.17) is 5.11 Å². The molecule has 0 fully saturated rings. The minimum absolute atomic E-state index is 0.0658. The maximum Gasteiger partial charge on any atom is 0.321 e. The normalized spacial score (nSPS) is 10.0. The van der Waals surface area contributed by atoms with Crippen LogP contribution in [0, 0.1) is 10.1 Å². The van der Waals surface area contributed by atoms with E-state index in [-0.39, 0.29) is 24.3 Å². The van der Waals surface area contributed by atoms with Gasteiger partial charge in [0, 0.05) is 24.8 Å². The van der Waals surface area contributed by atoms with Crippen LogP contribution < -0.4 is 5.32 Å². The summed E-state index contributed by atoms with van der Waals surface area (Å²) in [6.45, 7) is 2.11. The number of aliphatic carboxylic acids is 1. The van der Waals surface area contributed by atoms with E-state index in [1.165, 1.54) is 23.1 Å². The minimum atomic E-state index is -1.000. The molecule has 1 aromatic rings. The fourth-order valence-electron chi connectivity index (χ4n) is 1.57. The van der Waals surface area contributed by atoms with Crippen molar-refractivity contribution in [3.8, 4) is 0 Å². The summed E-state index contributed by atoms with van der Waals surface area (Å²) in [4.78, 5) is 34.0. The summed E-state index contributed by atoms with van der Waals surface area (Å²) >= 11 is 3.05. The first-order chi connectivity index (χ1) is 9.85. The number of urea groups is 1. The summed E-state index contributed by atoms with van der Waals surface area (Å²) in [5.41, 5.74) is 0.102. The topological polar surface area (TPSA) is 113 Å². The van der Waals surface area contributed by atoms with Crippen LogP contribution in [0.2, 0.25) is 0 Å². The van der Waals surface area contributed by atoms with E-state index in [9.17, 15) is 19.7 Å². The summed E-state index contributed by atoms with van der Waals surface area (Å²) in [7, 11) is 0. The van der Waals surface area contributed by atoms with Crippen LogP contribution in [0.4, 0.5) is 16.2 Å². The lowest BCUT2D eigenvalue weighted by atomic mass is 10.3. The van der Waals surface area contributed by atoms with Crippen LogP contribution in [-0.2, 0) is 4.79 Å². The fourth-order valence-corrected chi connectivity index (χ4v) is 1.96. The van der Waals surface area contributed by atoms with Gasteiger partial charge in [0.15, 0.2) is 0 Å². The van der Waals surface area contributed by atoms with Crippen molar-refractivity contribution in [2.45, 2.75) is 13.3 Å². The molecule has 0 saturated carbocycles. The second kappa shape index (κ2) is 7.58. The first kappa shape index (κ1) is 16.9. The van der Waals surface area contributed by atoms with Crippen molar-refractivity contribution >= 4 is 39.3 Å². The average molecular weight is 360 g/mol. The third-order valence-electron chi connectivity index (χ3n) is 2.66. The smallest absolute Gasteiger partial charge is 0.321 e. The molecule has 0 saturated heterocycles. The Morgan fingerprint density at radius 3 is 2.67 bits per heavy atom. The molecule has 0 spiro atoms. The van der Waals surface area contributed by atoms with Crippen molar-refractivity contribution in [3.05, 3.63) is 32.8 Å². The number of rotatable bonds is 6. The van der Waals surface area contributed by atoms with Crippen LogP contribution in [0.3, 0.4) is 0 Å². The third kappa shape index (κ3) is 5.03. The molecule has 2 amide bonds. The highest BCUT2D eigenvalue weighted by atomic mass is 79.9. The first-order valence-electron chi connectivity index (χ1n) is 6.06. The number of amides is 2. The molecule has 2 N–H and O–H groups in total. The Labute approximate surface area is 129 Å². The Hall–Kier alpha value is -2.16. The number of nitro groups is 1. The van der Waals surface area contributed by atoms with E-state index in [1.54, 1.807) is 6.92 Å². The van der Waals surface area contributed by atoms with E-state index in [2.05, 4.69) is 21.2 Å². The molecule has 1 rings (SSSR count). The summed E-state index contributed by atoms with van der Waals surface area (Å²) in [6.07, 6.45) is -0.165. The number of carbonyl (C=O) groups excluding carboxylic acids is 1. The maximum absolute atomic E-state index is 12.0. The number of anilines is 1. The van der Waals surface area contributed by atoms with Gasteiger partial charge in [-0.1, -0.05) is 0 Å². The Morgan fingerprint density at radius 2 is 2.14 bits per heavy atom. The number of hydrogen-bond acceptors (Lipinski definition) is 4. The van der Waals surface area contributed by atoms with Gasteiger partial charge in [0.1, 0.15) is 0 Å². The number of carboxylic acids is 1. The van der Waals surface area contributed by atoms with Gasteiger partial charge in [-0.3, -0.25) is 14.9 Å². The van der Waals surface area contributed by atoms with Gasteiger partial charge in [-0.05, 0) is 35.0 Å². The van der Waals surface area contributed by atoms with Gasteiger partial charge in [-0.2, -0.15) is 0 Å². The Bertz CT molecular complexity index is 564. The summed E-state index contributed by atoms with van der Waals surface area (Å²) in [5, 5.41) is 21.9. The van der Waals surface area contributed by atoms with E-state index >= 15 is 0 Å².